The van der Waals surface area contributed by atoms with Crippen molar-refractivity contribution in [1.29, 1.82) is 0 Å². The Labute approximate surface area is 224 Å². The van der Waals surface area contributed by atoms with Crippen LogP contribution >= 0.6 is 0 Å². The van der Waals surface area contributed by atoms with E-state index in [0.29, 0.717) is 18.7 Å². The number of ether oxygens (including phenoxy) is 1. The summed E-state index contributed by atoms with van der Waals surface area (Å²) in [6.07, 6.45) is 2.03. The predicted octanol–water partition coefficient (Wildman–Crippen LogP) is 4.52. The number of hydrogen-bond acceptors (Lipinski definition) is 5. The molecule has 2 aromatic rings. The van der Waals surface area contributed by atoms with Gasteiger partial charge in [-0.05, 0) is 30.2 Å². The molecule has 0 atom stereocenters. The highest BCUT2D eigenvalue weighted by Gasteiger charge is 2.09. The van der Waals surface area contributed by atoms with Crippen LogP contribution in [0, 0.1) is 5.92 Å². The molecule has 8 heteroatoms. The topological polar surface area (TPSA) is 109 Å². The van der Waals surface area contributed by atoms with Gasteiger partial charge in [-0.15, -0.1) is 0 Å². The van der Waals surface area contributed by atoms with E-state index in [2.05, 4.69) is 28.2 Å². The van der Waals surface area contributed by atoms with Crippen molar-refractivity contribution in [2.24, 2.45) is 5.92 Å². The fraction of sp³-hybridized carbons (Fsp3) is 0.483. The van der Waals surface area contributed by atoms with Gasteiger partial charge in [-0.1, -0.05) is 71.4 Å². The van der Waals surface area contributed by atoms with E-state index in [4.69, 9.17) is 4.74 Å². The van der Waals surface area contributed by atoms with E-state index in [-0.39, 0.29) is 23.6 Å². The summed E-state index contributed by atoms with van der Waals surface area (Å²) in [4.78, 5) is 33.5. The molecule has 3 amide bonds. The molecule has 37 heavy (non-hydrogen) atoms. The Morgan fingerprint density at radius 1 is 0.838 bits per heavy atom. The van der Waals surface area contributed by atoms with Gasteiger partial charge < -0.3 is 26.0 Å². The zero-order chi connectivity index (χ0) is 28.6. The van der Waals surface area contributed by atoms with Crippen LogP contribution in [0.3, 0.4) is 0 Å². The fourth-order valence-electron chi connectivity index (χ4n) is 2.91. The maximum atomic E-state index is 11.7. The molecule has 0 saturated carbocycles. The highest BCUT2D eigenvalue weighted by Crippen LogP contribution is 2.13. The van der Waals surface area contributed by atoms with Crippen LogP contribution in [0.2, 0.25) is 0 Å². The lowest BCUT2D eigenvalue weighted by atomic mass is 10.0. The number of hydrogen-bond donors (Lipinski definition) is 4. The van der Waals surface area contributed by atoms with Crippen LogP contribution in [-0.2, 0) is 16.0 Å². The Morgan fingerprint density at radius 2 is 1.41 bits per heavy atom. The van der Waals surface area contributed by atoms with Crippen LogP contribution < -0.4 is 21.3 Å². The van der Waals surface area contributed by atoms with E-state index in [1.807, 2.05) is 70.2 Å². The van der Waals surface area contributed by atoms with E-state index < -0.39 is 0 Å². The molecule has 0 aromatic heterocycles. The lowest BCUT2D eigenvalue weighted by molar-refractivity contribution is -0.123. The average molecular weight is 517 g/mol. The molecule has 0 heterocycles. The minimum Gasteiger partial charge on any atom is -0.387 e. The van der Waals surface area contributed by atoms with Gasteiger partial charge in [-0.2, -0.15) is 0 Å². The SMILES string of the molecule is CC.CCCc1ccccc1C(=O)NC.CNC(=O)C(C)C.CNc1ccccc1C(=O)NCCOC. The molecule has 0 aliphatic heterocycles. The number of carbonyl (C=O) groups excluding carboxylic acids is 3. The summed E-state index contributed by atoms with van der Waals surface area (Å²) in [6, 6.07) is 15.1. The van der Waals surface area contributed by atoms with Gasteiger partial charge in [-0.25, -0.2) is 0 Å². The number of aryl methyl sites for hydroxylation is 1. The highest BCUT2D eigenvalue weighted by atomic mass is 16.5. The normalized spacial score (nSPS) is 9.24. The molecule has 0 radical (unpaired) electrons. The molecule has 2 rings (SSSR count). The number of amides is 3. The van der Waals surface area contributed by atoms with Gasteiger partial charge in [0.05, 0.1) is 12.2 Å². The highest BCUT2D eigenvalue weighted by molar-refractivity contribution is 5.99. The van der Waals surface area contributed by atoms with Gasteiger partial charge >= 0.3 is 0 Å². The molecule has 0 fully saturated rings. The van der Waals surface area contributed by atoms with Gasteiger partial charge in [0.25, 0.3) is 11.8 Å². The van der Waals surface area contributed by atoms with E-state index in [1.54, 1.807) is 34.3 Å². The molecular formula is C29H48N4O4. The molecule has 208 valence electrons. The smallest absolute Gasteiger partial charge is 0.253 e. The van der Waals surface area contributed by atoms with Crippen molar-refractivity contribution < 1.29 is 19.1 Å². The van der Waals surface area contributed by atoms with Gasteiger partial charge in [0.2, 0.25) is 5.91 Å². The maximum Gasteiger partial charge on any atom is 0.253 e. The van der Waals surface area contributed by atoms with Crippen molar-refractivity contribution in [2.75, 3.05) is 46.7 Å². The summed E-state index contributed by atoms with van der Waals surface area (Å²) in [6.45, 7) is 10.9. The minimum atomic E-state index is -0.0861. The summed E-state index contributed by atoms with van der Waals surface area (Å²) >= 11 is 0. The Balaban J connectivity index is 0. The Hall–Kier alpha value is -3.39. The van der Waals surface area contributed by atoms with Crippen LogP contribution in [0.25, 0.3) is 0 Å². The van der Waals surface area contributed by atoms with Gasteiger partial charge in [0.1, 0.15) is 0 Å². The molecule has 0 aliphatic carbocycles. The zero-order valence-electron chi connectivity index (χ0n) is 24.2. The number of carbonyl (C=O) groups is 3. The number of anilines is 1. The molecule has 4 N–H and O–H groups in total. The number of methoxy groups -OCH3 is 1. The summed E-state index contributed by atoms with van der Waals surface area (Å²) in [5, 5.41) is 10.9. The molecule has 0 spiro atoms. The Bertz CT molecular complexity index is 901. The molecule has 0 bridgehead atoms. The largest absolute Gasteiger partial charge is 0.387 e. The van der Waals surface area contributed by atoms with Crippen LogP contribution in [-0.4, -0.2) is 59.1 Å². The number of rotatable bonds is 9. The van der Waals surface area contributed by atoms with E-state index >= 15 is 0 Å². The van der Waals surface area contributed by atoms with Crippen molar-refractivity contribution >= 4 is 23.4 Å². The van der Waals surface area contributed by atoms with Gasteiger partial charge in [0.15, 0.2) is 0 Å². The van der Waals surface area contributed by atoms with Gasteiger partial charge in [-0.3, -0.25) is 14.4 Å². The summed E-state index contributed by atoms with van der Waals surface area (Å²) in [5.74, 6) is 0.131. The third-order valence-corrected chi connectivity index (χ3v) is 4.81. The first kappa shape index (κ1) is 35.8. The van der Waals surface area contributed by atoms with Crippen LogP contribution in [0.15, 0.2) is 48.5 Å². The van der Waals surface area contributed by atoms with E-state index in [0.717, 1.165) is 29.7 Å². The molecule has 0 aliphatic rings. The standard InChI is InChI=1S/C11H16N2O2.C11H15NO.C5H11NO.C2H6/c1-12-10-6-4-3-5-9(10)11(14)13-7-8-15-2;1-3-6-9-7-4-5-8-10(9)11(13)12-2;1-4(2)5(7)6-3;1-2/h3-6,12H,7-8H2,1-2H3,(H,13,14);4-5,7-8H,3,6H2,1-2H3,(H,12,13);4H,1-3H3,(H,6,7);1-2H3. The zero-order valence-corrected chi connectivity index (χ0v) is 24.2. The molecule has 8 nitrogen and oxygen atoms in total. The van der Waals surface area contributed by atoms with Crippen molar-refractivity contribution in [3.63, 3.8) is 0 Å². The van der Waals surface area contributed by atoms with E-state index in [1.165, 1.54) is 0 Å². The van der Waals surface area contributed by atoms with Crippen LogP contribution in [0.4, 0.5) is 5.69 Å². The second-order valence-corrected chi connectivity index (χ2v) is 7.80. The summed E-state index contributed by atoms with van der Waals surface area (Å²) in [5.41, 5.74) is 3.40. The minimum absolute atomic E-state index is 0.00375. The van der Waals surface area contributed by atoms with E-state index in [9.17, 15) is 14.4 Å². The monoisotopic (exact) mass is 516 g/mol. The van der Waals surface area contributed by atoms with Crippen molar-refractivity contribution in [3.8, 4) is 0 Å². The lowest BCUT2D eigenvalue weighted by Gasteiger charge is -2.08. The lowest BCUT2D eigenvalue weighted by Crippen LogP contribution is -2.27. The van der Waals surface area contributed by atoms with Crippen molar-refractivity contribution in [1.82, 2.24) is 16.0 Å². The first-order valence-electron chi connectivity index (χ1n) is 12.8. The summed E-state index contributed by atoms with van der Waals surface area (Å²) in [7, 11) is 6.70. The van der Waals surface area contributed by atoms with Gasteiger partial charge in [0, 0.05) is 52.0 Å². The van der Waals surface area contributed by atoms with Crippen LogP contribution in [0.1, 0.15) is 67.3 Å². The molecule has 2 aromatic carbocycles. The number of para-hydroxylation sites is 1. The fourth-order valence-corrected chi connectivity index (χ4v) is 2.91. The molecular weight excluding hydrogens is 468 g/mol. The Kier molecular flexibility index (Phi) is 22.3. The first-order valence-corrected chi connectivity index (χ1v) is 12.8. The van der Waals surface area contributed by atoms with Crippen molar-refractivity contribution in [2.45, 2.75) is 47.5 Å². The van der Waals surface area contributed by atoms with Crippen molar-refractivity contribution in [3.05, 3.63) is 65.2 Å². The Morgan fingerprint density at radius 3 is 1.86 bits per heavy atom. The molecule has 0 saturated heterocycles. The third-order valence-electron chi connectivity index (χ3n) is 4.81. The third kappa shape index (κ3) is 15.4. The second kappa shape index (κ2) is 23.0. The first-order chi connectivity index (χ1) is 17.8. The average Bonchev–Trinajstić information content (AvgIpc) is 2.94. The van der Waals surface area contributed by atoms with Crippen LogP contribution in [0.5, 0.6) is 0 Å². The summed E-state index contributed by atoms with van der Waals surface area (Å²) < 4.78 is 4.85. The second-order valence-electron chi connectivity index (χ2n) is 7.80. The number of benzene rings is 2. The quantitative estimate of drug-likeness (QED) is 0.367. The predicted molar refractivity (Wildman–Crippen MR) is 154 cm³/mol. The molecule has 0 unspecified atom stereocenters. The maximum absolute atomic E-state index is 11.7. The number of nitrogens with one attached hydrogen (secondary N) is 4.